The van der Waals surface area contributed by atoms with Crippen molar-refractivity contribution in [2.24, 2.45) is 22.7 Å². The van der Waals surface area contributed by atoms with Crippen LogP contribution in [0.1, 0.15) is 86.4 Å². The van der Waals surface area contributed by atoms with Gasteiger partial charge in [0.25, 0.3) is 0 Å². The summed E-state index contributed by atoms with van der Waals surface area (Å²) in [6.45, 7) is 5.46. The number of carbonyl (C=O) groups excluding carboxylic acids is 3. The fraction of sp³-hybridized carbons (Fsp3) is 0.514. The van der Waals surface area contributed by atoms with Crippen LogP contribution in [0.5, 0.6) is 0 Å². The van der Waals surface area contributed by atoms with Crippen LogP contribution >= 0.6 is 0 Å². The van der Waals surface area contributed by atoms with Crippen molar-refractivity contribution in [3.05, 3.63) is 83.4 Å². The monoisotopic (exact) mass is 572 g/mol. The maximum atomic E-state index is 13.4. The van der Waals surface area contributed by atoms with Crippen LogP contribution in [0.4, 0.5) is 0 Å². The Morgan fingerprint density at radius 3 is 2.02 bits per heavy atom. The predicted molar refractivity (Wildman–Crippen MR) is 155 cm³/mol. The van der Waals surface area contributed by atoms with E-state index in [2.05, 4.69) is 6.92 Å². The van der Waals surface area contributed by atoms with Gasteiger partial charge >= 0.3 is 11.9 Å². The molecule has 3 saturated carbocycles. The molecule has 7 nitrogen and oxygen atoms in total. The van der Waals surface area contributed by atoms with E-state index in [-0.39, 0.29) is 30.7 Å². The number of ether oxygens (including phenoxy) is 2. The first-order valence-corrected chi connectivity index (χ1v) is 15.1. The standard InChI is InChI=1S/C35H40O7/c1-22(36)27-16-19-35(40)33(27,3)29(42-31(38)24-12-8-5-9-13-24)21-28-32(2)17-15-26(20-25(32)14-18-34(28,35)39)41-30(37)23-10-6-4-7-11-23/h4-14,26-29,39-40H,15-21H2,1-3H3/t26-,27-,28+,29+,32-,33-,34-,35+/m0/s1. The Morgan fingerprint density at radius 1 is 0.833 bits per heavy atom. The highest BCUT2D eigenvalue weighted by atomic mass is 16.5. The van der Waals surface area contributed by atoms with Crippen LogP contribution < -0.4 is 0 Å². The molecule has 0 heterocycles. The molecule has 0 amide bonds. The van der Waals surface area contributed by atoms with Gasteiger partial charge in [-0.1, -0.05) is 61.9 Å². The quantitative estimate of drug-likeness (QED) is 0.362. The summed E-state index contributed by atoms with van der Waals surface area (Å²) in [5.41, 5.74) is -2.80. The summed E-state index contributed by atoms with van der Waals surface area (Å²) >= 11 is 0. The molecule has 6 rings (SSSR count). The third-order valence-corrected chi connectivity index (χ3v) is 11.4. The lowest BCUT2D eigenvalue weighted by atomic mass is 9.43. The number of hydrogen-bond donors (Lipinski definition) is 2. The number of esters is 2. The van der Waals surface area contributed by atoms with Gasteiger partial charge in [0.05, 0.1) is 11.1 Å². The lowest BCUT2D eigenvalue weighted by molar-refractivity contribution is -0.297. The van der Waals surface area contributed by atoms with Gasteiger partial charge in [0, 0.05) is 23.7 Å². The van der Waals surface area contributed by atoms with Gasteiger partial charge in [-0.3, -0.25) is 4.79 Å². The first-order chi connectivity index (χ1) is 19.9. The Morgan fingerprint density at radius 2 is 1.43 bits per heavy atom. The van der Waals surface area contributed by atoms with Crippen molar-refractivity contribution in [1.82, 2.24) is 0 Å². The van der Waals surface area contributed by atoms with E-state index in [1.165, 1.54) is 6.92 Å². The third-order valence-electron chi connectivity index (χ3n) is 11.4. The van der Waals surface area contributed by atoms with Gasteiger partial charge < -0.3 is 19.7 Å². The van der Waals surface area contributed by atoms with E-state index in [0.717, 1.165) is 5.57 Å². The van der Waals surface area contributed by atoms with E-state index in [0.29, 0.717) is 43.2 Å². The minimum atomic E-state index is -1.64. The van der Waals surface area contributed by atoms with Crippen LogP contribution in [0.3, 0.4) is 0 Å². The van der Waals surface area contributed by atoms with Crippen LogP contribution in [0, 0.1) is 22.7 Å². The summed E-state index contributed by atoms with van der Waals surface area (Å²) in [7, 11) is 0. The highest BCUT2D eigenvalue weighted by Gasteiger charge is 2.77. The van der Waals surface area contributed by atoms with E-state index in [1.807, 2.05) is 25.1 Å². The van der Waals surface area contributed by atoms with E-state index >= 15 is 0 Å². The topological polar surface area (TPSA) is 110 Å². The van der Waals surface area contributed by atoms with E-state index < -0.39 is 45.9 Å². The molecule has 7 heteroatoms. The maximum Gasteiger partial charge on any atom is 0.338 e. The van der Waals surface area contributed by atoms with Crippen molar-refractivity contribution in [2.45, 2.75) is 89.1 Å². The SMILES string of the molecule is CC(=O)[C@@H]1CC[C@@]2(O)[C@]1(C)[C@H](OC(=O)c1ccccc1)C[C@@H]1[C@@]3(C)CC[C@H](OC(=O)c4ccccc4)CC3=CC[C@]12O. The Kier molecular flexibility index (Phi) is 6.97. The van der Waals surface area contributed by atoms with E-state index in [1.54, 1.807) is 48.5 Å². The molecule has 42 heavy (non-hydrogen) atoms. The van der Waals surface area contributed by atoms with Gasteiger partial charge in [0.1, 0.15) is 29.2 Å². The number of carbonyl (C=O) groups is 3. The van der Waals surface area contributed by atoms with Gasteiger partial charge in [-0.05, 0) is 75.1 Å². The highest BCUT2D eigenvalue weighted by molar-refractivity contribution is 5.90. The Labute approximate surface area is 246 Å². The zero-order chi connectivity index (χ0) is 29.9. The summed E-state index contributed by atoms with van der Waals surface area (Å²) in [6.07, 6.45) is 3.95. The van der Waals surface area contributed by atoms with Crippen molar-refractivity contribution in [3.8, 4) is 0 Å². The first kappa shape index (κ1) is 28.8. The van der Waals surface area contributed by atoms with E-state index in [4.69, 9.17) is 9.47 Å². The average Bonchev–Trinajstić information content (AvgIpc) is 3.28. The van der Waals surface area contributed by atoms with Crippen LogP contribution in [-0.2, 0) is 14.3 Å². The van der Waals surface area contributed by atoms with E-state index in [9.17, 15) is 24.6 Å². The molecule has 3 fully saturated rings. The molecule has 0 spiro atoms. The number of rotatable bonds is 5. The molecule has 4 aliphatic rings. The third kappa shape index (κ3) is 4.11. The second-order valence-electron chi connectivity index (χ2n) is 13.3. The summed E-state index contributed by atoms with van der Waals surface area (Å²) in [6, 6.07) is 17.7. The second-order valence-corrected chi connectivity index (χ2v) is 13.3. The minimum absolute atomic E-state index is 0.0739. The molecule has 0 radical (unpaired) electrons. The molecule has 2 N–H and O–H groups in total. The van der Waals surface area contributed by atoms with Gasteiger partial charge in [-0.2, -0.15) is 0 Å². The summed E-state index contributed by atoms with van der Waals surface area (Å²) in [5, 5.41) is 25.2. The molecule has 222 valence electrons. The summed E-state index contributed by atoms with van der Waals surface area (Å²) < 4.78 is 12.1. The smallest absolute Gasteiger partial charge is 0.338 e. The molecular formula is C35H40O7. The largest absolute Gasteiger partial charge is 0.458 e. The Bertz CT molecular complexity index is 1420. The zero-order valence-corrected chi connectivity index (χ0v) is 24.5. The lowest BCUT2D eigenvalue weighted by Gasteiger charge is -2.66. The molecule has 8 atom stereocenters. The summed E-state index contributed by atoms with van der Waals surface area (Å²) in [4.78, 5) is 39.1. The molecule has 0 bridgehead atoms. The van der Waals surface area contributed by atoms with Crippen molar-refractivity contribution >= 4 is 17.7 Å². The van der Waals surface area contributed by atoms with Crippen molar-refractivity contribution in [2.75, 3.05) is 0 Å². The molecule has 0 saturated heterocycles. The molecule has 2 aromatic rings. The van der Waals surface area contributed by atoms with Gasteiger partial charge in [0.2, 0.25) is 0 Å². The lowest BCUT2D eigenvalue weighted by Crippen LogP contribution is -2.75. The van der Waals surface area contributed by atoms with Crippen molar-refractivity contribution in [3.63, 3.8) is 0 Å². The Hall–Kier alpha value is -3.29. The number of ketones is 1. The van der Waals surface area contributed by atoms with Crippen LogP contribution in [-0.4, -0.2) is 51.3 Å². The number of hydrogen-bond acceptors (Lipinski definition) is 7. The fourth-order valence-electron chi connectivity index (χ4n) is 9.08. The number of fused-ring (bicyclic) bond motifs is 5. The molecule has 0 aromatic heterocycles. The Balaban J connectivity index is 1.33. The molecule has 2 aromatic carbocycles. The zero-order valence-electron chi connectivity index (χ0n) is 24.5. The molecular weight excluding hydrogens is 532 g/mol. The van der Waals surface area contributed by atoms with Gasteiger partial charge in [0.15, 0.2) is 0 Å². The number of aliphatic hydroxyl groups is 2. The molecule has 0 aliphatic heterocycles. The van der Waals surface area contributed by atoms with Crippen molar-refractivity contribution < 1.29 is 34.1 Å². The first-order valence-electron chi connectivity index (χ1n) is 15.1. The minimum Gasteiger partial charge on any atom is -0.458 e. The normalized spacial score (nSPS) is 38.7. The van der Waals surface area contributed by atoms with Gasteiger partial charge in [-0.15, -0.1) is 0 Å². The van der Waals surface area contributed by atoms with Crippen LogP contribution in [0.25, 0.3) is 0 Å². The second kappa shape index (κ2) is 10.2. The maximum absolute atomic E-state index is 13.4. The number of benzene rings is 2. The predicted octanol–water partition coefficient (Wildman–Crippen LogP) is 5.45. The van der Waals surface area contributed by atoms with Crippen molar-refractivity contribution in [1.29, 1.82) is 0 Å². The van der Waals surface area contributed by atoms with Gasteiger partial charge in [-0.25, -0.2) is 9.59 Å². The number of Topliss-reactive ketones (excluding diaryl/α,β-unsaturated/α-hetero) is 1. The summed E-state index contributed by atoms with van der Waals surface area (Å²) in [5.74, 6) is -1.90. The van der Waals surface area contributed by atoms with Crippen LogP contribution in [0.15, 0.2) is 72.3 Å². The highest BCUT2D eigenvalue weighted by Crippen LogP contribution is 2.70. The molecule has 0 unspecified atom stereocenters. The molecule has 4 aliphatic carbocycles. The fourth-order valence-corrected chi connectivity index (χ4v) is 9.08. The van der Waals surface area contributed by atoms with Crippen LogP contribution in [0.2, 0.25) is 0 Å². The average molecular weight is 573 g/mol.